The number of rotatable bonds is 8. The zero-order valence-corrected chi connectivity index (χ0v) is 21.4. The van der Waals surface area contributed by atoms with Crippen molar-refractivity contribution < 1.29 is 14.0 Å². The molecule has 0 unspecified atom stereocenters. The normalized spacial score (nSPS) is 10.7. The summed E-state index contributed by atoms with van der Waals surface area (Å²) in [5.74, 6) is -0.779. The lowest BCUT2D eigenvalue weighted by atomic mass is 10.1. The van der Waals surface area contributed by atoms with E-state index in [0.29, 0.717) is 21.2 Å². The van der Waals surface area contributed by atoms with Crippen molar-refractivity contribution in [2.24, 2.45) is 0 Å². The van der Waals surface area contributed by atoms with E-state index in [1.165, 1.54) is 23.5 Å². The van der Waals surface area contributed by atoms with Crippen molar-refractivity contribution >= 4 is 46.1 Å². The van der Waals surface area contributed by atoms with E-state index in [2.05, 4.69) is 5.32 Å². The topological polar surface area (TPSA) is 52.7 Å². The third kappa shape index (κ3) is 6.11. The van der Waals surface area contributed by atoms with E-state index >= 15 is 0 Å². The van der Waals surface area contributed by atoms with Gasteiger partial charge < -0.3 is 15.1 Å². The zero-order chi connectivity index (χ0) is 25.7. The summed E-state index contributed by atoms with van der Waals surface area (Å²) in [4.78, 5) is 30.5. The summed E-state index contributed by atoms with van der Waals surface area (Å²) >= 11 is 7.72. The maximum absolute atomic E-state index is 13.6. The standard InChI is InChI=1S/C28H25ClFN3O2S/c1-32(2)25-14-13-22(31-27(34)26-8-5-15-36-26)16-20(25)18-33(17-19-9-11-21(30)12-10-19)28(35)23-6-3-4-7-24(23)29/h3-16H,17-18H2,1-2H3,(H,31,34). The molecule has 0 aliphatic heterocycles. The Morgan fingerprint density at radius 1 is 0.944 bits per heavy atom. The molecule has 1 aromatic heterocycles. The third-order valence-corrected chi connectivity index (χ3v) is 6.80. The largest absolute Gasteiger partial charge is 0.377 e. The Kier molecular flexibility index (Phi) is 8.03. The SMILES string of the molecule is CN(C)c1ccc(NC(=O)c2cccs2)cc1CN(Cc1ccc(F)cc1)C(=O)c1ccccc1Cl. The van der Waals surface area contributed by atoms with Crippen LogP contribution in [0.15, 0.2) is 84.2 Å². The molecular formula is C28H25ClFN3O2S. The molecule has 0 radical (unpaired) electrons. The second-order valence-corrected chi connectivity index (χ2v) is 9.79. The first-order chi connectivity index (χ1) is 17.3. The molecule has 0 atom stereocenters. The summed E-state index contributed by atoms with van der Waals surface area (Å²) in [6.45, 7) is 0.501. The lowest BCUT2D eigenvalue weighted by molar-refractivity contribution is 0.0730. The summed E-state index contributed by atoms with van der Waals surface area (Å²) in [7, 11) is 3.84. The van der Waals surface area contributed by atoms with Crippen LogP contribution in [-0.2, 0) is 13.1 Å². The van der Waals surface area contributed by atoms with Gasteiger partial charge in [-0.25, -0.2) is 4.39 Å². The summed E-state index contributed by atoms with van der Waals surface area (Å²) in [6, 6.07) is 22.2. The predicted octanol–water partition coefficient (Wildman–Crippen LogP) is 6.70. The van der Waals surface area contributed by atoms with Gasteiger partial charge in [-0.2, -0.15) is 0 Å². The Hall–Kier alpha value is -3.68. The number of halogens is 2. The molecule has 0 spiro atoms. The van der Waals surface area contributed by atoms with E-state index in [1.807, 2.05) is 48.6 Å². The average Bonchev–Trinajstić information content (AvgIpc) is 3.40. The minimum absolute atomic E-state index is 0.191. The Bertz CT molecular complexity index is 1360. The number of nitrogens with zero attached hydrogens (tertiary/aromatic N) is 2. The van der Waals surface area contributed by atoms with Crippen LogP contribution in [0.3, 0.4) is 0 Å². The van der Waals surface area contributed by atoms with Gasteiger partial charge in [-0.15, -0.1) is 11.3 Å². The van der Waals surface area contributed by atoms with Crippen molar-refractivity contribution in [1.82, 2.24) is 4.90 Å². The van der Waals surface area contributed by atoms with E-state index in [4.69, 9.17) is 11.6 Å². The molecule has 3 aromatic carbocycles. The Morgan fingerprint density at radius 3 is 2.36 bits per heavy atom. The minimum atomic E-state index is -0.341. The van der Waals surface area contributed by atoms with Gasteiger partial charge in [-0.3, -0.25) is 9.59 Å². The number of hydrogen-bond acceptors (Lipinski definition) is 4. The van der Waals surface area contributed by atoms with E-state index in [-0.39, 0.29) is 30.7 Å². The first-order valence-electron chi connectivity index (χ1n) is 11.2. The van der Waals surface area contributed by atoms with Crippen molar-refractivity contribution in [2.75, 3.05) is 24.3 Å². The highest BCUT2D eigenvalue weighted by Gasteiger charge is 2.21. The van der Waals surface area contributed by atoms with Crippen LogP contribution in [0, 0.1) is 5.82 Å². The zero-order valence-electron chi connectivity index (χ0n) is 19.9. The Balaban J connectivity index is 1.68. The fourth-order valence-corrected chi connectivity index (χ4v) is 4.68. The van der Waals surface area contributed by atoms with Crippen molar-refractivity contribution in [1.29, 1.82) is 0 Å². The van der Waals surface area contributed by atoms with Crippen molar-refractivity contribution in [2.45, 2.75) is 13.1 Å². The molecule has 0 bridgehead atoms. The smallest absolute Gasteiger partial charge is 0.265 e. The molecule has 184 valence electrons. The molecule has 1 N–H and O–H groups in total. The molecule has 0 fully saturated rings. The second-order valence-electron chi connectivity index (χ2n) is 8.44. The number of thiophene rings is 1. The number of anilines is 2. The van der Waals surface area contributed by atoms with E-state index in [0.717, 1.165) is 16.8 Å². The maximum Gasteiger partial charge on any atom is 0.265 e. The van der Waals surface area contributed by atoms with Gasteiger partial charge >= 0.3 is 0 Å². The highest BCUT2D eigenvalue weighted by Crippen LogP contribution is 2.27. The fourth-order valence-electron chi connectivity index (χ4n) is 3.85. The van der Waals surface area contributed by atoms with Gasteiger partial charge in [0.15, 0.2) is 0 Å². The lowest BCUT2D eigenvalue weighted by Crippen LogP contribution is -2.31. The van der Waals surface area contributed by atoms with Gasteiger partial charge in [0.05, 0.1) is 15.5 Å². The summed E-state index contributed by atoms with van der Waals surface area (Å²) in [5.41, 5.74) is 3.54. The monoisotopic (exact) mass is 521 g/mol. The molecule has 4 rings (SSSR count). The van der Waals surface area contributed by atoms with E-state index < -0.39 is 0 Å². The summed E-state index contributed by atoms with van der Waals surface area (Å²) in [6.07, 6.45) is 0. The molecule has 5 nitrogen and oxygen atoms in total. The van der Waals surface area contributed by atoms with Gasteiger partial charge in [0.25, 0.3) is 11.8 Å². The van der Waals surface area contributed by atoms with Gasteiger partial charge in [-0.1, -0.05) is 41.9 Å². The van der Waals surface area contributed by atoms with Gasteiger partial charge in [0.2, 0.25) is 0 Å². The molecule has 0 saturated heterocycles. The predicted molar refractivity (Wildman–Crippen MR) is 144 cm³/mol. The molecule has 4 aromatic rings. The number of hydrogen-bond donors (Lipinski definition) is 1. The molecule has 36 heavy (non-hydrogen) atoms. The maximum atomic E-state index is 13.6. The van der Waals surface area contributed by atoms with E-state index in [9.17, 15) is 14.0 Å². The van der Waals surface area contributed by atoms with Crippen LogP contribution >= 0.6 is 22.9 Å². The van der Waals surface area contributed by atoms with Crippen molar-refractivity contribution in [3.05, 3.63) is 117 Å². The number of nitrogens with one attached hydrogen (secondary N) is 1. The van der Waals surface area contributed by atoms with E-state index in [1.54, 1.807) is 47.4 Å². The number of benzene rings is 3. The molecule has 2 amide bonds. The summed E-state index contributed by atoms with van der Waals surface area (Å²) in [5, 5.41) is 5.14. The van der Waals surface area contributed by atoms with Crippen LogP contribution in [0.25, 0.3) is 0 Å². The van der Waals surface area contributed by atoms with Crippen LogP contribution in [0.1, 0.15) is 31.2 Å². The van der Waals surface area contributed by atoms with Gasteiger partial charge in [-0.05, 0) is 65.0 Å². The minimum Gasteiger partial charge on any atom is -0.377 e. The molecule has 1 heterocycles. The van der Waals surface area contributed by atoms with Crippen molar-refractivity contribution in [3.8, 4) is 0 Å². The highest BCUT2D eigenvalue weighted by molar-refractivity contribution is 7.12. The molecule has 0 saturated carbocycles. The lowest BCUT2D eigenvalue weighted by Gasteiger charge is -2.27. The second kappa shape index (κ2) is 11.4. The first kappa shape index (κ1) is 25.4. The van der Waals surface area contributed by atoms with Crippen LogP contribution < -0.4 is 10.2 Å². The molecule has 8 heteroatoms. The Morgan fingerprint density at radius 2 is 1.69 bits per heavy atom. The van der Waals surface area contributed by atoms with Crippen LogP contribution in [0.5, 0.6) is 0 Å². The Labute approximate surface area is 218 Å². The highest BCUT2D eigenvalue weighted by atomic mass is 35.5. The first-order valence-corrected chi connectivity index (χ1v) is 12.5. The summed E-state index contributed by atoms with van der Waals surface area (Å²) < 4.78 is 13.5. The fraction of sp³-hybridized carbons (Fsp3) is 0.143. The van der Waals surface area contributed by atoms with Crippen LogP contribution in [0.2, 0.25) is 5.02 Å². The number of amides is 2. The molecular weight excluding hydrogens is 497 g/mol. The van der Waals surface area contributed by atoms with Gasteiger partial charge in [0, 0.05) is 38.6 Å². The van der Waals surface area contributed by atoms with Crippen molar-refractivity contribution in [3.63, 3.8) is 0 Å². The number of carbonyl (C=O) groups is 2. The van der Waals surface area contributed by atoms with Crippen LogP contribution in [0.4, 0.5) is 15.8 Å². The quantitative estimate of drug-likeness (QED) is 0.280. The molecule has 0 aliphatic rings. The number of carbonyl (C=O) groups excluding carboxylic acids is 2. The van der Waals surface area contributed by atoms with Crippen LogP contribution in [-0.4, -0.2) is 30.8 Å². The molecule has 0 aliphatic carbocycles. The average molecular weight is 522 g/mol. The third-order valence-electron chi connectivity index (χ3n) is 5.60. The van der Waals surface area contributed by atoms with Gasteiger partial charge in [0.1, 0.15) is 5.82 Å².